The molecule has 2 heterocycles. The monoisotopic (exact) mass is 574 g/mol. The molecule has 0 spiro atoms. The van der Waals surface area contributed by atoms with Gasteiger partial charge in [-0.3, -0.25) is 0 Å². The first-order chi connectivity index (χ1) is 21.5. The van der Waals surface area contributed by atoms with Crippen LogP contribution < -0.4 is 10.9 Å². The number of nitrogens with zero attached hydrogens (tertiary/aromatic N) is 2. The van der Waals surface area contributed by atoms with E-state index in [1.807, 2.05) is 109 Å². The Balaban J connectivity index is 0.000000142. The van der Waals surface area contributed by atoms with Crippen LogP contribution in [0.3, 0.4) is 0 Å². The highest BCUT2D eigenvalue weighted by Gasteiger charge is 2.18. The number of hydrogen-bond acceptors (Lipinski definition) is 4. The first kappa shape index (κ1) is 27.7. The summed E-state index contributed by atoms with van der Waals surface area (Å²) in [6, 6.07) is 47.7. The third-order valence-corrected chi connectivity index (χ3v) is 8.02. The van der Waals surface area contributed by atoms with Gasteiger partial charge in [0.2, 0.25) is 0 Å². The second-order valence-electron chi connectivity index (χ2n) is 10.7. The van der Waals surface area contributed by atoms with E-state index in [1.54, 1.807) is 12.1 Å². The molecule has 0 atom stereocenters. The lowest BCUT2D eigenvalue weighted by molar-refractivity contribution is 0.424. The summed E-state index contributed by atoms with van der Waals surface area (Å²) in [6.07, 6.45) is 0. The van der Waals surface area contributed by atoms with Crippen LogP contribution in [0, 0.1) is 0 Å². The molecule has 44 heavy (non-hydrogen) atoms. The second-order valence-corrected chi connectivity index (χ2v) is 10.7. The molecule has 4 N–H and O–H groups in total. The van der Waals surface area contributed by atoms with Gasteiger partial charge >= 0.3 is 14.2 Å². The summed E-state index contributed by atoms with van der Waals surface area (Å²) in [5, 5.41) is 42.4. The maximum Gasteiger partial charge on any atom is 0.488 e. The molecule has 0 bridgehead atoms. The Morgan fingerprint density at radius 2 is 0.682 bits per heavy atom. The number of benzene rings is 6. The van der Waals surface area contributed by atoms with E-state index >= 15 is 0 Å². The topological polar surface area (TPSA) is 90.8 Å². The molecule has 8 aromatic rings. The van der Waals surface area contributed by atoms with Crippen LogP contribution in [0.25, 0.3) is 55.0 Å². The Morgan fingerprint density at radius 3 is 1.07 bits per heavy atom. The largest absolute Gasteiger partial charge is 0.488 e. The first-order valence-corrected chi connectivity index (χ1v) is 14.4. The molecule has 0 saturated carbocycles. The molecular formula is C36H28B2N2O4. The van der Waals surface area contributed by atoms with Crippen molar-refractivity contribution in [2.24, 2.45) is 0 Å². The highest BCUT2D eigenvalue weighted by molar-refractivity contribution is 6.59. The third-order valence-electron chi connectivity index (χ3n) is 8.02. The molecule has 8 heteroatoms. The lowest BCUT2D eigenvalue weighted by Crippen LogP contribution is -2.29. The van der Waals surface area contributed by atoms with Gasteiger partial charge < -0.3 is 29.2 Å². The Kier molecular flexibility index (Phi) is 7.26. The Hall–Kier alpha value is -5.11. The van der Waals surface area contributed by atoms with E-state index in [4.69, 9.17) is 0 Å². The standard InChI is InChI=1S/2C18H14BNO2/c2*21-19(22)13-10-11-16-15-8-4-5-9-17(15)20(18(16)12-13)14-6-2-1-3-7-14/h2*1-12,21-22H. The zero-order valence-electron chi connectivity index (χ0n) is 23.7. The van der Waals surface area contributed by atoms with Crippen molar-refractivity contribution in [1.82, 2.24) is 9.13 Å². The van der Waals surface area contributed by atoms with Crippen molar-refractivity contribution in [1.29, 1.82) is 0 Å². The van der Waals surface area contributed by atoms with E-state index in [0.717, 1.165) is 55.0 Å². The third kappa shape index (κ3) is 4.86. The minimum atomic E-state index is -1.47. The summed E-state index contributed by atoms with van der Waals surface area (Å²) in [6.45, 7) is 0. The van der Waals surface area contributed by atoms with E-state index in [1.165, 1.54) is 0 Å². The number of hydrogen-bond donors (Lipinski definition) is 4. The van der Waals surface area contributed by atoms with Crippen molar-refractivity contribution in [2.45, 2.75) is 0 Å². The molecule has 0 aliphatic rings. The lowest BCUT2D eigenvalue weighted by Gasteiger charge is -2.08. The van der Waals surface area contributed by atoms with E-state index < -0.39 is 14.2 Å². The van der Waals surface area contributed by atoms with E-state index in [-0.39, 0.29) is 0 Å². The predicted molar refractivity (Wildman–Crippen MR) is 181 cm³/mol. The zero-order chi connectivity index (χ0) is 30.2. The average molecular weight is 574 g/mol. The van der Waals surface area contributed by atoms with E-state index in [9.17, 15) is 20.1 Å². The van der Waals surface area contributed by atoms with Gasteiger partial charge in [0, 0.05) is 32.9 Å². The van der Waals surface area contributed by atoms with Gasteiger partial charge in [0.05, 0.1) is 22.1 Å². The summed E-state index contributed by atoms with van der Waals surface area (Å²) in [5.74, 6) is 0. The molecular weight excluding hydrogens is 546 g/mol. The molecule has 8 rings (SSSR count). The van der Waals surface area contributed by atoms with Crippen LogP contribution in [0.5, 0.6) is 0 Å². The summed E-state index contributed by atoms with van der Waals surface area (Å²) in [5.41, 5.74) is 7.24. The molecule has 0 fully saturated rings. The smallest absolute Gasteiger partial charge is 0.423 e. The number of rotatable bonds is 4. The highest BCUT2D eigenvalue weighted by Crippen LogP contribution is 2.32. The predicted octanol–water partition coefficient (Wildman–Crippen LogP) is 4.93. The van der Waals surface area contributed by atoms with Crippen LogP contribution in [0.4, 0.5) is 0 Å². The van der Waals surface area contributed by atoms with E-state index in [2.05, 4.69) is 33.4 Å². The van der Waals surface area contributed by atoms with Crippen LogP contribution in [0.1, 0.15) is 0 Å². The van der Waals surface area contributed by atoms with Gasteiger partial charge in [0.15, 0.2) is 0 Å². The van der Waals surface area contributed by atoms with Crippen LogP contribution >= 0.6 is 0 Å². The van der Waals surface area contributed by atoms with Gasteiger partial charge in [0.1, 0.15) is 0 Å². The molecule has 6 nitrogen and oxygen atoms in total. The van der Waals surface area contributed by atoms with Crippen molar-refractivity contribution in [2.75, 3.05) is 0 Å². The summed E-state index contributed by atoms with van der Waals surface area (Å²) >= 11 is 0. The molecule has 2 aromatic heterocycles. The minimum Gasteiger partial charge on any atom is -0.423 e. The highest BCUT2D eigenvalue weighted by atomic mass is 16.4. The quantitative estimate of drug-likeness (QED) is 0.225. The van der Waals surface area contributed by atoms with Crippen molar-refractivity contribution in [3.63, 3.8) is 0 Å². The molecule has 0 aliphatic heterocycles. The molecule has 0 amide bonds. The maximum atomic E-state index is 9.47. The maximum absolute atomic E-state index is 9.47. The fourth-order valence-electron chi connectivity index (χ4n) is 6.01. The van der Waals surface area contributed by atoms with Crippen LogP contribution in [0.15, 0.2) is 146 Å². The molecule has 6 aromatic carbocycles. The summed E-state index contributed by atoms with van der Waals surface area (Å²) in [7, 11) is -2.93. The Bertz CT molecular complexity index is 2080. The van der Waals surface area contributed by atoms with Crippen molar-refractivity contribution >= 4 is 68.8 Å². The summed E-state index contributed by atoms with van der Waals surface area (Å²) in [4.78, 5) is 0. The molecule has 0 unspecified atom stereocenters. The average Bonchev–Trinajstić information content (AvgIpc) is 3.58. The first-order valence-electron chi connectivity index (χ1n) is 14.4. The summed E-state index contributed by atoms with van der Waals surface area (Å²) < 4.78 is 4.30. The molecule has 212 valence electrons. The SMILES string of the molecule is OB(O)c1ccc2c3ccccc3n(-c3ccccc3)c2c1.OB(O)c1ccc2c3ccccc3n(-c3ccccc3)c2c1. The molecule has 0 radical (unpaired) electrons. The Morgan fingerprint density at radius 1 is 0.341 bits per heavy atom. The van der Waals surface area contributed by atoms with Gasteiger partial charge in [-0.05, 0) is 59.5 Å². The van der Waals surface area contributed by atoms with Crippen LogP contribution in [0.2, 0.25) is 0 Å². The molecule has 0 saturated heterocycles. The van der Waals surface area contributed by atoms with Crippen molar-refractivity contribution in [3.05, 3.63) is 146 Å². The normalized spacial score (nSPS) is 11.2. The Labute approximate surface area is 254 Å². The van der Waals surface area contributed by atoms with Crippen LogP contribution in [-0.2, 0) is 0 Å². The van der Waals surface area contributed by atoms with Crippen LogP contribution in [-0.4, -0.2) is 43.5 Å². The van der Waals surface area contributed by atoms with Crippen molar-refractivity contribution < 1.29 is 20.1 Å². The van der Waals surface area contributed by atoms with Gasteiger partial charge in [-0.1, -0.05) is 97.1 Å². The second kappa shape index (κ2) is 11.5. The van der Waals surface area contributed by atoms with E-state index in [0.29, 0.717) is 10.9 Å². The van der Waals surface area contributed by atoms with Gasteiger partial charge in [-0.25, -0.2) is 0 Å². The van der Waals surface area contributed by atoms with Gasteiger partial charge in [-0.2, -0.15) is 0 Å². The number of fused-ring (bicyclic) bond motifs is 6. The number of aromatic nitrogens is 2. The number of para-hydroxylation sites is 4. The van der Waals surface area contributed by atoms with Gasteiger partial charge in [-0.15, -0.1) is 0 Å². The zero-order valence-corrected chi connectivity index (χ0v) is 23.7. The fraction of sp³-hybridized carbons (Fsp3) is 0. The van der Waals surface area contributed by atoms with Crippen molar-refractivity contribution in [3.8, 4) is 11.4 Å². The van der Waals surface area contributed by atoms with Gasteiger partial charge in [0.25, 0.3) is 0 Å². The fourth-order valence-corrected chi connectivity index (χ4v) is 6.01. The lowest BCUT2D eigenvalue weighted by atomic mass is 9.80. The molecule has 0 aliphatic carbocycles. The minimum absolute atomic E-state index is 0.493.